The van der Waals surface area contributed by atoms with Gasteiger partial charge in [-0.1, -0.05) is 35.3 Å². The maximum atomic E-state index is 6.13. The molecule has 0 aliphatic carbocycles. The van der Waals surface area contributed by atoms with Gasteiger partial charge >= 0.3 is 0 Å². The number of halogens is 2. The van der Waals surface area contributed by atoms with Crippen LogP contribution in [-0.4, -0.2) is 6.54 Å². The lowest BCUT2D eigenvalue weighted by Crippen LogP contribution is -2.04. The van der Waals surface area contributed by atoms with Crippen LogP contribution >= 0.6 is 23.2 Å². The summed E-state index contributed by atoms with van der Waals surface area (Å²) < 4.78 is 5.88. The fourth-order valence-electron chi connectivity index (χ4n) is 1.79. The Kier molecular flexibility index (Phi) is 4.70. The molecule has 0 bridgehead atoms. The van der Waals surface area contributed by atoms with Crippen LogP contribution in [0.3, 0.4) is 0 Å². The van der Waals surface area contributed by atoms with Crippen LogP contribution in [0.1, 0.15) is 11.1 Å². The average Bonchev–Trinajstić information content (AvgIpc) is 2.37. The Morgan fingerprint density at radius 1 is 1.05 bits per heavy atom. The van der Waals surface area contributed by atoms with Gasteiger partial charge in [0.2, 0.25) is 0 Å². The quantitative estimate of drug-likeness (QED) is 0.895. The average molecular weight is 296 g/mol. The Bertz CT molecular complexity index is 584. The molecule has 0 amide bonds. The Hall–Kier alpha value is -1.22. The van der Waals surface area contributed by atoms with Gasteiger partial charge in [-0.25, -0.2) is 0 Å². The predicted octanol–water partition coefficient (Wildman–Crippen LogP) is 4.60. The van der Waals surface area contributed by atoms with Gasteiger partial charge < -0.3 is 10.5 Å². The van der Waals surface area contributed by atoms with Gasteiger partial charge in [0.25, 0.3) is 0 Å². The Labute approximate surface area is 123 Å². The third-order valence-electron chi connectivity index (χ3n) is 2.75. The molecule has 2 rings (SSSR count). The van der Waals surface area contributed by atoms with Crippen LogP contribution in [0.4, 0.5) is 0 Å². The first-order valence-electron chi connectivity index (χ1n) is 6.02. The number of nitrogens with two attached hydrogens (primary N) is 1. The van der Waals surface area contributed by atoms with Crippen molar-refractivity contribution in [3.63, 3.8) is 0 Å². The predicted molar refractivity (Wildman–Crippen MR) is 80.5 cm³/mol. The maximum absolute atomic E-state index is 6.13. The van der Waals surface area contributed by atoms with Crippen molar-refractivity contribution >= 4 is 23.2 Å². The van der Waals surface area contributed by atoms with Crippen LogP contribution in [0.2, 0.25) is 10.0 Å². The van der Waals surface area contributed by atoms with Crippen LogP contribution in [0.15, 0.2) is 36.4 Å². The number of hydrogen-bond acceptors (Lipinski definition) is 2. The number of ether oxygens (including phenoxy) is 1. The van der Waals surface area contributed by atoms with Crippen molar-refractivity contribution in [2.45, 2.75) is 13.3 Å². The van der Waals surface area contributed by atoms with E-state index in [2.05, 4.69) is 0 Å². The molecule has 2 nitrogen and oxygen atoms in total. The summed E-state index contributed by atoms with van der Waals surface area (Å²) in [5.74, 6) is 1.33. The number of aryl methyl sites for hydroxylation is 1. The van der Waals surface area contributed by atoms with Crippen LogP contribution in [0.5, 0.6) is 11.5 Å². The highest BCUT2D eigenvalue weighted by Gasteiger charge is 2.08. The zero-order valence-electron chi connectivity index (χ0n) is 10.6. The third kappa shape index (κ3) is 3.63. The molecule has 0 atom stereocenters. The van der Waals surface area contributed by atoms with Crippen molar-refractivity contribution in [2.75, 3.05) is 6.54 Å². The minimum absolute atomic E-state index is 0.555. The standard InChI is InChI=1S/C15H15Cl2NO/c1-10-2-5-13(17)15(8-10)19-14-9-12(16)4-3-11(14)6-7-18/h2-5,8-9H,6-7,18H2,1H3. The lowest BCUT2D eigenvalue weighted by molar-refractivity contribution is 0.476. The van der Waals surface area contributed by atoms with Gasteiger partial charge in [-0.15, -0.1) is 0 Å². The molecular weight excluding hydrogens is 281 g/mol. The van der Waals surface area contributed by atoms with Gasteiger partial charge in [-0.05, 0) is 55.3 Å². The molecule has 4 heteroatoms. The van der Waals surface area contributed by atoms with Crippen molar-refractivity contribution in [2.24, 2.45) is 5.73 Å². The van der Waals surface area contributed by atoms with E-state index < -0.39 is 0 Å². The van der Waals surface area contributed by atoms with E-state index in [0.717, 1.165) is 17.5 Å². The summed E-state index contributed by atoms with van der Waals surface area (Å²) in [7, 11) is 0. The molecule has 0 aliphatic heterocycles. The van der Waals surface area contributed by atoms with Crippen molar-refractivity contribution in [1.29, 1.82) is 0 Å². The van der Waals surface area contributed by atoms with E-state index in [4.69, 9.17) is 33.7 Å². The normalized spacial score (nSPS) is 10.5. The molecule has 0 saturated carbocycles. The molecule has 0 fully saturated rings. The number of hydrogen-bond donors (Lipinski definition) is 1. The first-order chi connectivity index (χ1) is 9.10. The van der Waals surface area contributed by atoms with E-state index in [1.807, 2.05) is 37.3 Å². The zero-order chi connectivity index (χ0) is 13.8. The maximum Gasteiger partial charge on any atom is 0.146 e. The Balaban J connectivity index is 2.36. The summed E-state index contributed by atoms with van der Waals surface area (Å²) in [4.78, 5) is 0. The van der Waals surface area contributed by atoms with Crippen molar-refractivity contribution in [3.05, 3.63) is 57.6 Å². The first-order valence-corrected chi connectivity index (χ1v) is 6.78. The summed E-state index contributed by atoms with van der Waals surface area (Å²) in [5.41, 5.74) is 7.70. The molecule has 2 aromatic carbocycles. The highest BCUT2D eigenvalue weighted by molar-refractivity contribution is 6.32. The Morgan fingerprint density at radius 2 is 1.84 bits per heavy atom. The smallest absolute Gasteiger partial charge is 0.146 e. The lowest BCUT2D eigenvalue weighted by atomic mass is 10.1. The molecule has 0 radical (unpaired) electrons. The van der Waals surface area contributed by atoms with E-state index in [9.17, 15) is 0 Å². The number of benzene rings is 2. The van der Waals surface area contributed by atoms with Crippen molar-refractivity contribution in [1.82, 2.24) is 0 Å². The van der Waals surface area contributed by atoms with Gasteiger partial charge in [0, 0.05) is 5.02 Å². The van der Waals surface area contributed by atoms with Gasteiger partial charge in [0.1, 0.15) is 11.5 Å². The first kappa shape index (κ1) is 14.2. The molecule has 2 N–H and O–H groups in total. The van der Waals surface area contributed by atoms with E-state index in [-0.39, 0.29) is 0 Å². The van der Waals surface area contributed by atoms with E-state index in [1.165, 1.54) is 0 Å². The molecule has 19 heavy (non-hydrogen) atoms. The van der Waals surface area contributed by atoms with Gasteiger partial charge in [-0.3, -0.25) is 0 Å². The molecule has 100 valence electrons. The topological polar surface area (TPSA) is 35.2 Å². The van der Waals surface area contributed by atoms with E-state index in [1.54, 1.807) is 6.07 Å². The second-order valence-electron chi connectivity index (χ2n) is 4.33. The minimum Gasteiger partial charge on any atom is -0.455 e. The fraction of sp³-hybridized carbons (Fsp3) is 0.200. The zero-order valence-corrected chi connectivity index (χ0v) is 12.1. The molecular formula is C15H15Cl2NO. The summed E-state index contributed by atoms with van der Waals surface area (Å²) in [6.07, 6.45) is 0.732. The van der Waals surface area contributed by atoms with Crippen LogP contribution in [0, 0.1) is 6.92 Å². The second-order valence-corrected chi connectivity index (χ2v) is 5.17. The second kappa shape index (κ2) is 6.29. The van der Waals surface area contributed by atoms with Crippen molar-refractivity contribution < 1.29 is 4.74 Å². The highest BCUT2D eigenvalue weighted by atomic mass is 35.5. The largest absolute Gasteiger partial charge is 0.455 e. The minimum atomic E-state index is 0.555. The monoisotopic (exact) mass is 295 g/mol. The molecule has 0 spiro atoms. The van der Waals surface area contributed by atoms with Gasteiger partial charge in [-0.2, -0.15) is 0 Å². The summed E-state index contributed by atoms with van der Waals surface area (Å²) in [6.45, 7) is 2.54. The van der Waals surface area contributed by atoms with E-state index in [0.29, 0.717) is 28.1 Å². The molecule has 0 saturated heterocycles. The molecule has 2 aromatic rings. The van der Waals surface area contributed by atoms with Gasteiger partial charge in [0.05, 0.1) is 5.02 Å². The van der Waals surface area contributed by atoms with Crippen LogP contribution in [0.25, 0.3) is 0 Å². The third-order valence-corrected chi connectivity index (χ3v) is 3.30. The Morgan fingerprint density at radius 3 is 2.58 bits per heavy atom. The summed E-state index contributed by atoms with van der Waals surface area (Å²) in [5, 5.41) is 1.20. The van der Waals surface area contributed by atoms with E-state index >= 15 is 0 Å². The van der Waals surface area contributed by atoms with Crippen molar-refractivity contribution in [3.8, 4) is 11.5 Å². The van der Waals surface area contributed by atoms with Crippen LogP contribution in [-0.2, 0) is 6.42 Å². The molecule has 0 heterocycles. The van der Waals surface area contributed by atoms with Crippen LogP contribution < -0.4 is 10.5 Å². The highest BCUT2D eigenvalue weighted by Crippen LogP contribution is 2.33. The number of rotatable bonds is 4. The molecule has 0 aromatic heterocycles. The SMILES string of the molecule is Cc1ccc(Cl)c(Oc2cc(Cl)ccc2CCN)c1. The van der Waals surface area contributed by atoms with Gasteiger partial charge in [0.15, 0.2) is 0 Å². The summed E-state index contributed by atoms with van der Waals surface area (Å²) >= 11 is 12.1. The molecule has 0 aliphatic rings. The fourth-order valence-corrected chi connectivity index (χ4v) is 2.11. The lowest BCUT2D eigenvalue weighted by Gasteiger charge is -2.12. The molecule has 0 unspecified atom stereocenters. The summed E-state index contributed by atoms with van der Waals surface area (Å²) in [6, 6.07) is 11.2.